The summed E-state index contributed by atoms with van der Waals surface area (Å²) in [6.07, 6.45) is 6.41. The van der Waals surface area contributed by atoms with E-state index in [1.54, 1.807) is 0 Å². The Morgan fingerprint density at radius 2 is 2.10 bits per heavy atom. The topological polar surface area (TPSA) is 68.3 Å². The standard InChI is InChI=1S/C16H22N2O2/c17-15(18)10-12-2-4-13(5-3-12)20-14-6-9-19-16(11-14)7-1-8-16/h2-5,14H,1,6-11H2,(H3,17,18). The van der Waals surface area contributed by atoms with Crippen molar-refractivity contribution in [3.63, 3.8) is 0 Å². The Morgan fingerprint density at radius 3 is 2.70 bits per heavy atom. The SMILES string of the molecule is N=C(N)Cc1ccc(OC2CCOC3(CCC3)C2)cc1. The largest absolute Gasteiger partial charge is 0.490 e. The average molecular weight is 274 g/mol. The van der Waals surface area contributed by atoms with Crippen LogP contribution < -0.4 is 10.5 Å². The molecule has 1 atom stereocenters. The van der Waals surface area contributed by atoms with Gasteiger partial charge in [-0.3, -0.25) is 5.41 Å². The molecule has 1 saturated heterocycles. The van der Waals surface area contributed by atoms with Gasteiger partial charge in [0.15, 0.2) is 0 Å². The maximum absolute atomic E-state index is 7.29. The minimum Gasteiger partial charge on any atom is -0.490 e. The number of nitrogens with two attached hydrogens (primary N) is 1. The summed E-state index contributed by atoms with van der Waals surface area (Å²) in [6, 6.07) is 7.91. The third-order valence-corrected chi connectivity index (χ3v) is 4.33. The first-order valence-electron chi connectivity index (χ1n) is 7.38. The molecule has 0 aromatic heterocycles. The van der Waals surface area contributed by atoms with E-state index in [1.807, 2.05) is 24.3 Å². The van der Waals surface area contributed by atoms with E-state index in [-0.39, 0.29) is 17.5 Å². The van der Waals surface area contributed by atoms with Gasteiger partial charge in [-0.2, -0.15) is 0 Å². The molecule has 4 heteroatoms. The molecule has 1 saturated carbocycles. The molecule has 0 bridgehead atoms. The van der Waals surface area contributed by atoms with Crippen molar-refractivity contribution in [2.75, 3.05) is 6.61 Å². The van der Waals surface area contributed by atoms with Crippen LogP contribution in [-0.4, -0.2) is 24.1 Å². The van der Waals surface area contributed by atoms with Gasteiger partial charge in [0, 0.05) is 19.3 Å². The molecule has 1 spiro atoms. The molecule has 1 heterocycles. The Hall–Kier alpha value is -1.55. The van der Waals surface area contributed by atoms with Crippen LogP contribution in [-0.2, 0) is 11.2 Å². The van der Waals surface area contributed by atoms with Crippen molar-refractivity contribution in [1.29, 1.82) is 5.41 Å². The lowest BCUT2D eigenvalue weighted by atomic mass is 9.74. The summed E-state index contributed by atoms with van der Waals surface area (Å²) in [5, 5.41) is 7.29. The van der Waals surface area contributed by atoms with Crippen LogP contribution in [0.3, 0.4) is 0 Å². The molecule has 1 aliphatic heterocycles. The first-order chi connectivity index (χ1) is 9.65. The van der Waals surface area contributed by atoms with Gasteiger partial charge < -0.3 is 15.2 Å². The second-order valence-electron chi connectivity index (χ2n) is 5.96. The van der Waals surface area contributed by atoms with Gasteiger partial charge in [0.1, 0.15) is 11.9 Å². The van der Waals surface area contributed by atoms with E-state index in [9.17, 15) is 0 Å². The monoisotopic (exact) mass is 274 g/mol. The zero-order valence-electron chi connectivity index (χ0n) is 11.7. The van der Waals surface area contributed by atoms with Crippen LogP contribution in [0.1, 0.15) is 37.7 Å². The molecule has 0 amide bonds. The first kappa shape index (κ1) is 13.4. The highest BCUT2D eigenvalue weighted by Gasteiger charge is 2.43. The molecule has 1 unspecified atom stereocenters. The number of nitrogens with one attached hydrogen (secondary N) is 1. The lowest BCUT2D eigenvalue weighted by Crippen LogP contribution is -2.48. The lowest BCUT2D eigenvalue weighted by molar-refractivity contribution is -0.153. The maximum Gasteiger partial charge on any atom is 0.119 e. The van der Waals surface area contributed by atoms with Gasteiger partial charge in [0.05, 0.1) is 18.0 Å². The van der Waals surface area contributed by atoms with E-state index >= 15 is 0 Å². The lowest BCUT2D eigenvalue weighted by Gasteiger charge is -2.46. The fourth-order valence-electron chi connectivity index (χ4n) is 3.10. The number of amidine groups is 1. The Kier molecular flexibility index (Phi) is 3.66. The van der Waals surface area contributed by atoms with Gasteiger partial charge in [0.2, 0.25) is 0 Å². The molecule has 3 N–H and O–H groups in total. The Balaban J connectivity index is 1.58. The van der Waals surface area contributed by atoms with Crippen LogP contribution in [0.25, 0.3) is 0 Å². The van der Waals surface area contributed by atoms with Crippen LogP contribution in [0.5, 0.6) is 5.75 Å². The van der Waals surface area contributed by atoms with E-state index in [1.165, 1.54) is 19.3 Å². The van der Waals surface area contributed by atoms with Gasteiger partial charge in [-0.05, 0) is 37.0 Å². The van der Waals surface area contributed by atoms with Crippen molar-refractivity contribution in [3.8, 4) is 5.75 Å². The van der Waals surface area contributed by atoms with Crippen LogP contribution in [0.15, 0.2) is 24.3 Å². The van der Waals surface area contributed by atoms with E-state index in [0.29, 0.717) is 6.42 Å². The van der Waals surface area contributed by atoms with Gasteiger partial charge in [-0.15, -0.1) is 0 Å². The fraction of sp³-hybridized carbons (Fsp3) is 0.562. The average Bonchev–Trinajstić information content (AvgIpc) is 2.39. The molecule has 108 valence electrons. The summed E-state index contributed by atoms with van der Waals surface area (Å²) in [5.74, 6) is 1.09. The summed E-state index contributed by atoms with van der Waals surface area (Å²) < 4.78 is 12.0. The zero-order chi connectivity index (χ0) is 14.0. The van der Waals surface area contributed by atoms with Crippen LogP contribution in [0.2, 0.25) is 0 Å². The normalized spacial score (nSPS) is 24.1. The fourth-order valence-corrected chi connectivity index (χ4v) is 3.10. The van der Waals surface area contributed by atoms with Crippen LogP contribution in [0.4, 0.5) is 0 Å². The van der Waals surface area contributed by atoms with Gasteiger partial charge in [0.25, 0.3) is 0 Å². The summed E-state index contributed by atoms with van der Waals surface area (Å²) in [5.41, 5.74) is 6.57. The predicted molar refractivity (Wildman–Crippen MR) is 78.2 cm³/mol. The minimum atomic E-state index is 0.123. The van der Waals surface area contributed by atoms with Gasteiger partial charge >= 0.3 is 0 Å². The highest BCUT2D eigenvalue weighted by molar-refractivity contribution is 5.79. The molecule has 1 aromatic rings. The molecule has 1 aliphatic carbocycles. The van der Waals surface area contributed by atoms with E-state index in [0.717, 1.165) is 30.8 Å². The maximum atomic E-state index is 7.29. The van der Waals surface area contributed by atoms with Crippen molar-refractivity contribution >= 4 is 5.84 Å². The third-order valence-electron chi connectivity index (χ3n) is 4.33. The van der Waals surface area contributed by atoms with E-state index in [4.69, 9.17) is 20.6 Å². The molecule has 0 radical (unpaired) electrons. The van der Waals surface area contributed by atoms with Crippen LogP contribution >= 0.6 is 0 Å². The number of benzene rings is 1. The summed E-state index contributed by atoms with van der Waals surface area (Å²) >= 11 is 0. The second-order valence-corrected chi connectivity index (χ2v) is 5.96. The molecule has 1 aromatic carbocycles. The molecule has 4 nitrogen and oxygen atoms in total. The molecule has 2 aliphatic rings. The second kappa shape index (κ2) is 5.44. The summed E-state index contributed by atoms with van der Waals surface area (Å²) in [6.45, 7) is 0.813. The van der Waals surface area contributed by atoms with Gasteiger partial charge in [-0.1, -0.05) is 12.1 Å². The molecule has 2 fully saturated rings. The zero-order valence-corrected chi connectivity index (χ0v) is 11.7. The Labute approximate surface area is 119 Å². The number of hydrogen-bond donors (Lipinski definition) is 2. The number of ether oxygens (including phenoxy) is 2. The molecule has 20 heavy (non-hydrogen) atoms. The van der Waals surface area contributed by atoms with Gasteiger partial charge in [-0.25, -0.2) is 0 Å². The van der Waals surface area contributed by atoms with Crippen LogP contribution in [0, 0.1) is 5.41 Å². The predicted octanol–water partition coefficient (Wildman–Crippen LogP) is 2.65. The third kappa shape index (κ3) is 2.96. The molecule has 3 rings (SSSR count). The Morgan fingerprint density at radius 1 is 1.35 bits per heavy atom. The number of rotatable bonds is 4. The molecular formula is C16H22N2O2. The highest BCUT2D eigenvalue weighted by Crippen LogP contribution is 2.43. The van der Waals surface area contributed by atoms with E-state index < -0.39 is 0 Å². The quantitative estimate of drug-likeness (QED) is 0.655. The summed E-state index contributed by atoms with van der Waals surface area (Å²) in [7, 11) is 0. The van der Waals surface area contributed by atoms with Crippen molar-refractivity contribution in [2.45, 2.75) is 50.2 Å². The first-order valence-corrected chi connectivity index (χ1v) is 7.38. The van der Waals surface area contributed by atoms with Crippen molar-refractivity contribution < 1.29 is 9.47 Å². The number of hydrogen-bond acceptors (Lipinski definition) is 3. The minimum absolute atomic E-state index is 0.123. The smallest absolute Gasteiger partial charge is 0.119 e. The van der Waals surface area contributed by atoms with Crippen molar-refractivity contribution in [1.82, 2.24) is 0 Å². The highest BCUT2D eigenvalue weighted by atomic mass is 16.5. The molecular weight excluding hydrogens is 252 g/mol. The van der Waals surface area contributed by atoms with Crippen molar-refractivity contribution in [3.05, 3.63) is 29.8 Å². The summed E-state index contributed by atoms with van der Waals surface area (Å²) in [4.78, 5) is 0. The van der Waals surface area contributed by atoms with E-state index in [2.05, 4.69) is 0 Å². The van der Waals surface area contributed by atoms with Crippen molar-refractivity contribution in [2.24, 2.45) is 5.73 Å². The Bertz CT molecular complexity index is 480.